The van der Waals surface area contributed by atoms with Gasteiger partial charge in [-0.1, -0.05) is 0 Å². The number of piperazine rings is 1. The predicted molar refractivity (Wildman–Crippen MR) is 76.8 cm³/mol. The van der Waals surface area contributed by atoms with Crippen molar-refractivity contribution in [2.24, 2.45) is 0 Å². The maximum Gasteiger partial charge on any atom is 0.341 e. The Morgan fingerprint density at radius 3 is 3.10 bits per heavy atom. The molecule has 2 fully saturated rings. The highest BCUT2D eigenvalue weighted by molar-refractivity contribution is 5.95. The summed E-state index contributed by atoms with van der Waals surface area (Å²) in [5, 5.41) is 0. The van der Waals surface area contributed by atoms with E-state index in [2.05, 4.69) is 14.8 Å². The van der Waals surface area contributed by atoms with Gasteiger partial charge in [-0.2, -0.15) is 0 Å². The SMILES string of the molecule is COC(=O)c1cc(N)cnc1N1CCN2CCCC2C1. The van der Waals surface area contributed by atoms with E-state index in [1.54, 1.807) is 12.3 Å². The number of nitrogen functional groups attached to an aromatic ring is 1. The second kappa shape index (κ2) is 5.28. The van der Waals surface area contributed by atoms with Crippen molar-refractivity contribution in [2.45, 2.75) is 18.9 Å². The molecule has 6 heteroatoms. The molecule has 2 saturated heterocycles. The number of pyridine rings is 1. The van der Waals surface area contributed by atoms with Gasteiger partial charge in [-0.25, -0.2) is 9.78 Å². The monoisotopic (exact) mass is 276 g/mol. The summed E-state index contributed by atoms with van der Waals surface area (Å²) in [6.45, 7) is 4.02. The molecule has 0 saturated carbocycles. The van der Waals surface area contributed by atoms with E-state index in [4.69, 9.17) is 10.5 Å². The number of carbonyl (C=O) groups excluding carboxylic acids is 1. The molecule has 0 aliphatic carbocycles. The molecule has 0 amide bonds. The normalized spacial score (nSPS) is 22.6. The lowest BCUT2D eigenvalue weighted by molar-refractivity contribution is 0.0600. The summed E-state index contributed by atoms with van der Waals surface area (Å²) in [5.74, 6) is 0.311. The number of aromatic nitrogens is 1. The molecule has 3 heterocycles. The number of anilines is 2. The van der Waals surface area contributed by atoms with E-state index in [1.807, 2.05) is 0 Å². The van der Waals surface area contributed by atoms with Crippen molar-refractivity contribution in [2.75, 3.05) is 43.9 Å². The highest BCUT2D eigenvalue weighted by Crippen LogP contribution is 2.27. The third-order valence-corrected chi connectivity index (χ3v) is 4.18. The number of ether oxygens (including phenoxy) is 1. The Kier molecular flexibility index (Phi) is 3.48. The number of rotatable bonds is 2. The first-order valence-electron chi connectivity index (χ1n) is 7.02. The number of fused-ring (bicyclic) bond motifs is 1. The molecule has 0 aromatic carbocycles. The fourth-order valence-electron chi connectivity index (χ4n) is 3.17. The number of hydrogen-bond acceptors (Lipinski definition) is 6. The number of carbonyl (C=O) groups is 1. The molecule has 1 unspecified atom stereocenters. The van der Waals surface area contributed by atoms with Gasteiger partial charge in [0.1, 0.15) is 11.4 Å². The van der Waals surface area contributed by atoms with Gasteiger partial charge in [-0.05, 0) is 25.5 Å². The Balaban J connectivity index is 1.87. The van der Waals surface area contributed by atoms with Gasteiger partial charge < -0.3 is 15.4 Å². The summed E-state index contributed by atoms with van der Waals surface area (Å²) >= 11 is 0. The van der Waals surface area contributed by atoms with Crippen LogP contribution in [-0.4, -0.2) is 55.2 Å². The molecule has 2 N–H and O–H groups in total. The smallest absolute Gasteiger partial charge is 0.341 e. The first-order chi connectivity index (χ1) is 9.69. The Morgan fingerprint density at radius 2 is 2.30 bits per heavy atom. The van der Waals surface area contributed by atoms with Gasteiger partial charge in [0.15, 0.2) is 0 Å². The zero-order valence-electron chi connectivity index (χ0n) is 11.7. The second-order valence-corrected chi connectivity index (χ2v) is 5.41. The summed E-state index contributed by atoms with van der Waals surface area (Å²) in [5.41, 5.74) is 6.68. The van der Waals surface area contributed by atoms with Gasteiger partial charge in [-0.15, -0.1) is 0 Å². The molecule has 0 spiro atoms. The van der Waals surface area contributed by atoms with Crippen LogP contribution >= 0.6 is 0 Å². The lowest BCUT2D eigenvalue weighted by Crippen LogP contribution is -2.50. The third kappa shape index (κ3) is 2.31. The van der Waals surface area contributed by atoms with Gasteiger partial charge >= 0.3 is 5.97 Å². The molecule has 1 aromatic rings. The van der Waals surface area contributed by atoms with Crippen molar-refractivity contribution in [3.63, 3.8) is 0 Å². The average Bonchev–Trinajstić information content (AvgIpc) is 2.93. The van der Waals surface area contributed by atoms with Crippen molar-refractivity contribution >= 4 is 17.5 Å². The molecular weight excluding hydrogens is 256 g/mol. The zero-order valence-corrected chi connectivity index (χ0v) is 11.7. The van der Waals surface area contributed by atoms with E-state index >= 15 is 0 Å². The van der Waals surface area contributed by atoms with E-state index in [0.29, 0.717) is 23.1 Å². The van der Waals surface area contributed by atoms with Crippen molar-refractivity contribution in [3.8, 4) is 0 Å². The molecule has 2 aliphatic heterocycles. The Bertz CT molecular complexity index is 520. The maximum atomic E-state index is 11.9. The number of nitrogens with zero attached hydrogens (tertiary/aromatic N) is 3. The van der Waals surface area contributed by atoms with Crippen molar-refractivity contribution < 1.29 is 9.53 Å². The second-order valence-electron chi connectivity index (χ2n) is 5.41. The van der Waals surface area contributed by atoms with Crippen LogP contribution in [0.15, 0.2) is 12.3 Å². The average molecular weight is 276 g/mol. The first-order valence-corrected chi connectivity index (χ1v) is 7.02. The quantitative estimate of drug-likeness (QED) is 0.803. The lowest BCUT2D eigenvalue weighted by atomic mass is 10.1. The summed E-state index contributed by atoms with van der Waals surface area (Å²) in [4.78, 5) is 21.0. The van der Waals surface area contributed by atoms with Gasteiger partial charge in [0, 0.05) is 25.7 Å². The van der Waals surface area contributed by atoms with E-state index < -0.39 is 0 Å². The Labute approximate surface area is 118 Å². The van der Waals surface area contributed by atoms with E-state index in [-0.39, 0.29) is 5.97 Å². The largest absolute Gasteiger partial charge is 0.465 e. The van der Waals surface area contributed by atoms with E-state index in [0.717, 1.165) is 19.6 Å². The molecule has 6 nitrogen and oxygen atoms in total. The predicted octanol–water partition coefficient (Wildman–Crippen LogP) is 0.735. The Hall–Kier alpha value is -1.82. The molecule has 0 bridgehead atoms. The van der Waals surface area contributed by atoms with Gasteiger partial charge in [0.2, 0.25) is 0 Å². The van der Waals surface area contributed by atoms with Crippen molar-refractivity contribution in [1.82, 2.24) is 9.88 Å². The number of nitrogens with two attached hydrogens (primary N) is 1. The number of hydrogen-bond donors (Lipinski definition) is 1. The van der Waals surface area contributed by atoms with Crippen LogP contribution in [0.25, 0.3) is 0 Å². The molecule has 1 atom stereocenters. The zero-order chi connectivity index (χ0) is 14.1. The minimum atomic E-state index is -0.381. The minimum Gasteiger partial charge on any atom is -0.465 e. The number of methoxy groups -OCH3 is 1. The van der Waals surface area contributed by atoms with Crippen LogP contribution in [0.3, 0.4) is 0 Å². The maximum absolute atomic E-state index is 11.9. The van der Waals surface area contributed by atoms with Crippen LogP contribution in [0.5, 0.6) is 0 Å². The fraction of sp³-hybridized carbons (Fsp3) is 0.571. The molecule has 108 valence electrons. The van der Waals surface area contributed by atoms with Crippen molar-refractivity contribution in [1.29, 1.82) is 0 Å². The third-order valence-electron chi connectivity index (χ3n) is 4.18. The first kappa shape index (κ1) is 13.2. The van der Waals surface area contributed by atoms with Gasteiger partial charge in [-0.3, -0.25) is 4.90 Å². The van der Waals surface area contributed by atoms with Crippen LogP contribution in [0.2, 0.25) is 0 Å². The molecule has 0 radical (unpaired) electrons. The lowest BCUT2D eigenvalue weighted by Gasteiger charge is -2.38. The highest BCUT2D eigenvalue weighted by Gasteiger charge is 2.32. The molecule has 2 aliphatic rings. The van der Waals surface area contributed by atoms with Gasteiger partial charge in [0.25, 0.3) is 0 Å². The molecular formula is C14H20N4O2. The summed E-state index contributed by atoms with van der Waals surface area (Å²) in [6, 6.07) is 2.23. The summed E-state index contributed by atoms with van der Waals surface area (Å²) < 4.78 is 4.84. The molecule has 3 rings (SSSR count). The van der Waals surface area contributed by atoms with Crippen LogP contribution in [-0.2, 0) is 4.74 Å². The van der Waals surface area contributed by atoms with Crippen molar-refractivity contribution in [3.05, 3.63) is 17.8 Å². The topological polar surface area (TPSA) is 71.7 Å². The standard InChI is InChI=1S/C14H20N4O2/c1-20-14(19)12-7-10(15)8-16-13(12)18-6-5-17-4-2-3-11(17)9-18/h7-8,11H,2-6,9,15H2,1H3. The fourth-order valence-corrected chi connectivity index (χ4v) is 3.17. The van der Waals surface area contributed by atoms with E-state index in [9.17, 15) is 4.79 Å². The van der Waals surface area contributed by atoms with Crippen LogP contribution in [0.4, 0.5) is 11.5 Å². The highest BCUT2D eigenvalue weighted by atomic mass is 16.5. The minimum absolute atomic E-state index is 0.381. The summed E-state index contributed by atoms with van der Waals surface area (Å²) in [6.07, 6.45) is 4.08. The molecule has 20 heavy (non-hydrogen) atoms. The summed E-state index contributed by atoms with van der Waals surface area (Å²) in [7, 11) is 1.38. The van der Waals surface area contributed by atoms with Crippen LogP contribution in [0.1, 0.15) is 23.2 Å². The van der Waals surface area contributed by atoms with Crippen LogP contribution < -0.4 is 10.6 Å². The Morgan fingerprint density at radius 1 is 1.45 bits per heavy atom. The number of esters is 1. The molecule has 1 aromatic heterocycles. The van der Waals surface area contributed by atoms with Gasteiger partial charge in [0.05, 0.1) is 19.0 Å². The van der Waals surface area contributed by atoms with E-state index in [1.165, 1.54) is 26.5 Å². The van der Waals surface area contributed by atoms with Crippen LogP contribution in [0, 0.1) is 0 Å².